The van der Waals surface area contributed by atoms with Crippen molar-refractivity contribution < 1.29 is 23.9 Å². The standard InChI is InChI=1S/C24H36N4O5S/c1-3-33-24(31)22-18-5-4-17(2)14-19(18)34-23(22)25-20(29)15-26-6-8-28(9-7-26)21(30)16-27-10-12-32-13-11-27/h17H,3-16H2,1-2H3,(H,25,29). The first-order valence-corrected chi connectivity index (χ1v) is 13.2. The Labute approximate surface area is 205 Å². The minimum absolute atomic E-state index is 0.134. The van der Waals surface area contributed by atoms with Gasteiger partial charge in [-0.1, -0.05) is 6.92 Å². The number of nitrogens with one attached hydrogen (secondary N) is 1. The van der Waals surface area contributed by atoms with E-state index in [0.29, 0.717) is 69.0 Å². The lowest BCUT2D eigenvalue weighted by atomic mass is 9.88. The molecule has 10 heteroatoms. The fourth-order valence-electron chi connectivity index (χ4n) is 4.83. The van der Waals surface area contributed by atoms with Crippen LogP contribution in [0.4, 0.5) is 5.00 Å². The Balaban J connectivity index is 1.30. The molecule has 1 aliphatic carbocycles. The number of nitrogens with zero attached hydrogens (tertiary/aromatic N) is 3. The van der Waals surface area contributed by atoms with Crippen molar-refractivity contribution in [2.45, 2.75) is 33.1 Å². The number of carbonyl (C=O) groups excluding carboxylic acids is 3. The molecule has 1 aromatic rings. The molecule has 34 heavy (non-hydrogen) atoms. The van der Waals surface area contributed by atoms with Crippen LogP contribution < -0.4 is 5.32 Å². The molecule has 0 bridgehead atoms. The van der Waals surface area contributed by atoms with Crippen LogP contribution in [0.3, 0.4) is 0 Å². The number of hydrogen-bond donors (Lipinski definition) is 1. The second kappa shape index (κ2) is 11.6. The molecule has 1 aromatic heterocycles. The third-order valence-corrected chi connectivity index (χ3v) is 7.97. The summed E-state index contributed by atoms with van der Waals surface area (Å²) in [6.07, 6.45) is 2.82. The average molecular weight is 493 g/mol. The fraction of sp³-hybridized carbons (Fsp3) is 0.708. The summed E-state index contributed by atoms with van der Waals surface area (Å²) in [6, 6.07) is 0. The zero-order valence-corrected chi connectivity index (χ0v) is 21.1. The molecule has 2 saturated heterocycles. The maximum absolute atomic E-state index is 12.9. The molecule has 3 heterocycles. The molecule has 1 unspecified atom stereocenters. The summed E-state index contributed by atoms with van der Waals surface area (Å²) in [4.78, 5) is 45.4. The van der Waals surface area contributed by atoms with Crippen LogP contribution in [0.1, 0.15) is 41.1 Å². The van der Waals surface area contributed by atoms with Gasteiger partial charge in [-0.3, -0.25) is 19.4 Å². The predicted molar refractivity (Wildman–Crippen MR) is 130 cm³/mol. The number of esters is 1. The molecule has 0 aromatic carbocycles. The third kappa shape index (κ3) is 6.16. The van der Waals surface area contributed by atoms with E-state index < -0.39 is 0 Å². The lowest BCUT2D eigenvalue weighted by Gasteiger charge is -2.36. The molecular weight excluding hydrogens is 456 g/mol. The Hall–Kier alpha value is -2.01. The zero-order valence-electron chi connectivity index (χ0n) is 20.3. The molecule has 0 radical (unpaired) electrons. The van der Waals surface area contributed by atoms with E-state index in [1.807, 2.05) is 4.90 Å². The van der Waals surface area contributed by atoms with Gasteiger partial charge in [-0.05, 0) is 37.7 Å². The average Bonchev–Trinajstić information content (AvgIpc) is 3.17. The highest BCUT2D eigenvalue weighted by Gasteiger charge is 2.30. The van der Waals surface area contributed by atoms with Crippen molar-refractivity contribution in [3.63, 3.8) is 0 Å². The van der Waals surface area contributed by atoms with Crippen LogP contribution in [0.2, 0.25) is 0 Å². The first-order valence-electron chi connectivity index (χ1n) is 12.4. The van der Waals surface area contributed by atoms with Crippen LogP contribution in [0.15, 0.2) is 0 Å². The van der Waals surface area contributed by atoms with Gasteiger partial charge in [-0.2, -0.15) is 0 Å². The number of piperazine rings is 1. The summed E-state index contributed by atoms with van der Waals surface area (Å²) in [5, 5.41) is 3.61. The molecule has 2 fully saturated rings. The highest BCUT2D eigenvalue weighted by atomic mass is 32.1. The lowest BCUT2D eigenvalue weighted by Crippen LogP contribution is -2.53. The van der Waals surface area contributed by atoms with Crippen LogP contribution in [0, 0.1) is 5.92 Å². The number of amides is 2. The first kappa shape index (κ1) is 25.1. The Morgan fingerprint density at radius 3 is 2.47 bits per heavy atom. The van der Waals surface area contributed by atoms with Gasteiger partial charge in [0.1, 0.15) is 5.00 Å². The Morgan fingerprint density at radius 2 is 1.76 bits per heavy atom. The summed E-state index contributed by atoms with van der Waals surface area (Å²) in [5.41, 5.74) is 1.59. The minimum atomic E-state index is -0.350. The lowest BCUT2D eigenvalue weighted by molar-refractivity contribution is -0.135. The Kier molecular flexibility index (Phi) is 8.57. The van der Waals surface area contributed by atoms with Gasteiger partial charge in [-0.25, -0.2) is 4.79 Å². The minimum Gasteiger partial charge on any atom is -0.462 e. The third-order valence-electron chi connectivity index (χ3n) is 6.80. The molecule has 2 aliphatic heterocycles. The van der Waals surface area contributed by atoms with Crippen LogP contribution in [0.5, 0.6) is 0 Å². The number of ether oxygens (including phenoxy) is 2. The van der Waals surface area contributed by atoms with Gasteiger partial charge in [0.2, 0.25) is 11.8 Å². The number of rotatable bonds is 7. The van der Waals surface area contributed by atoms with Crippen LogP contribution >= 0.6 is 11.3 Å². The van der Waals surface area contributed by atoms with E-state index in [-0.39, 0.29) is 24.3 Å². The molecule has 188 valence electrons. The molecule has 9 nitrogen and oxygen atoms in total. The second-order valence-electron chi connectivity index (χ2n) is 9.37. The molecule has 0 saturated carbocycles. The van der Waals surface area contributed by atoms with Gasteiger partial charge < -0.3 is 19.7 Å². The molecular formula is C24H36N4O5S. The van der Waals surface area contributed by atoms with Crippen molar-refractivity contribution in [3.05, 3.63) is 16.0 Å². The van der Waals surface area contributed by atoms with Gasteiger partial charge in [0.15, 0.2) is 0 Å². The highest BCUT2D eigenvalue weighted by Crippen LogP contribution is 2.40. The van der Waals surface area contributed by atoms with E-state index in [9.17, 15) is 14.4 Å². The molecule has 2 amide bonds. The van der Waals surface area contributed by atoms with Crippen molar-refractivity contribution in [1.29, 1.82) is 0 Å². The number of anilines is 1. The largest absolute Gasteiger partial charge is 0.462 e. The molecule has 4 rings (SSSR count). The van der Waals surface area contributed by atoms with Crippen molar-refractivity contribution in [3.8, 4) is 0 Å². The molecule has 0 spiro atoms. The first-order chi connectivity index (χ1) is 16.4. The number of fused-ring (bicyclic) bond motifs is 1. The highest BCUT2D eigenvalue weighted by molar-refractivity contribution is 7.17. The molecule has 3 aliphatic rings. The number of morpholine rings is 1. The summed E-state index contributed by atoms with van der Waals surface area (Å²) in [5.74, 6) is 0.234. The van der Waals surface area contributed by atoms with Gasteiger partial charge in [0, 0.05) is 44.1 Å². The Bertz CT molecular complexity index is 890. The Morgan fingerprint density at radius 1 is 1.06 bits per heavy atom. The van der Waals surface area contributed by atoms with Crippen molar-refractivity contribution in [2.24, 2.45) is 5.92 Å². The van der Waals surface area contributed by atoms with Crippen LogP contribution in [0.25, 0.3) is 0 Å². The van der Waals surface area contributed by atoms with Gasteiger partial charge in [-0.15, -0.1) is 11.3 Å². The zero-order chi connectivity index (χ0) is 24.1. The smallest absolute Gasteiger partial charge is 0.341 e. The summed E-state index contributed by atoms with van der Waals surface area (Å²) in [7, 11) is 0. The number of hydrogen-bond acceptors (Lipinski definition) is 8. The van der Waals surface area contributed by atoms with Crippen LogP contribution in [-0.4, -0.2) is 105 Å². The monoisotopic (exact) mass is 492 g/mol. The SMILES string of the molecule is CCOC(=O)c1c(NC(=O)CN2CCN(C(=O)CN3CCOCC3)CC2)sc2c1CCC(C)C2. The van der Waals surface area contributed by atoms with Crippen molar-refractivity contribution in [2.75, 3.05) is 77.5 Å². The maximum Gasteiger partial charge on any atom is 0.341 e. The van der Waals surface area contributed by atoms with E-state index in [1.165, 1.54) is 16.2 Å². The van der Waals surface area contributed by atoms with Gasteiger partial charge in [0.05, 0.1) is 38.5 Å². The maximum atomic E-state index is 12.9. The van der Waals surface area contributed by atoms with E-state index >= 15 is 0 Å². The van der Waals surface area contributed by atoms with E-state index in [1.54, 1.807) is 6.92 Å². The predicted octanol–water partition coefficient (Wildman–Crippen LogP) is 1.46. The fourth-order valence-corrected chi connectivity index (χ4v) is 6.25. The number of carbonyl (C=O) groups is 3. The van der Waals surface area contributed by atoms with E-state index in [2.05, 4.69) is 22.0 Å². The summed E-state index contributed by atoms with van der Waals surface area (Å²) >= 11 is 1.51. The number of thiophene rings is 1. The van der Waals surface area contributed by atoms with Crippen molar-refractivity contribution >= 4 is 34.1 Å². The van der Waals surface area contributed by atoms with E-state index in [0.717, 1.165) is 37.9 Å². The quantitative estimate of drug-likeness (QED) is 0.577. The molecule has 1 atom stereocenters. The van der Waals surface area contributed by atoms with E-state index in [4.69, 9.17) is 9.47 Å². The summed E-state index contributed by atoms with van der Waals surface area (Å²) < 4.78 is 10.6. The summed E-state index contributed by atoms with van der Waals surface area (Å²) in [6.45, 7) is 10.5. The normalized spacial score (nSPS) is 21.7. The van der Waals surface area contributed by atoms with Gasteiger partial charge in [0.25, 0.3) is 0 Å². The topological polar surface area (TPSA) is 91.4 Å². The second-order valence-corrected chi connectivity index (χ2v) is 10.5. The van der Waals surface area contributed by atoms with Crippen molar-refractivity contribution in [1.82, 2.24) is 14.7 Å². The molecule has 1 N–H and O–H groups in total. The van der Waals surface area contributed by atoms with Gasteiger partial charge >= 0.3 is 5.97 Å². The van der Waals surface area contributed by atoms with Crippen LogP contribution in [-0.2, 0) is 31.9 Å².